The van der Waals surface area contributed by atoms with Gasteiger partial charge in [-0.05, 0) is 43.5 Å². The number of rotatable bonds is 12. The molecule has 0 aliphatic carbocycles. The Bertz CT molecular complexity index is 657. The molecule has 1 heterocycles. The molecule has 1 aliphatic heterocycles. The Morgan fingerprint density at radius 2 is 2.07 bits per heavy atom. The van der Waals surface area contributed by atoms with Crippen molar-refractivity contribution in [2.45, 2.75) is 70.4 Å². The van der Waals surface area contributed by atoms with Crippen LogP contribution in [0.2, 0.25) is 0 Å². The summed E-state index contributed by atoms with van der Waals surface area (Å²) in [6, 6.07) is 5.29. The minimum absolute atomic E-state index is 0.0829. The van der Waals surface area contributed by atoms with E-state index in [1.807, 2.05) is 4.90 Å². The van der Waals surface area contributed by atoms with Gasteiger partial charge < -0.3 is 11.1 Å². The van der Waals surface area contributed by atoms with Crippen molar-refractivity contribution in [2.24, 2.45) is 5.73 Å². The molecule has 6 nitrogen and oxygen atoms in total. The summed E-state index contributed by atoms with van der Waals surface area (Å²) in [7, 11) is 0. The van der Waals surface area contributed by atoms with Crippen molar-refractivity contribution >= 4 is 5.91 Å². The molecule has 1 saturated heterocycles. The van der Waals surface area contributed by atoms with E-state index in [2.05, 4.69) is 17.7 Å². The fourth-order valence-corrected chi connectivity index (χ4v) is 3.48. The summed E-state index contributed by atoms with van der Waals surface area (Å²) in [6.45, 7) is 3.85. The number of hydrogen-bond acceptors (Lipinski definition) is 5. The molecule has 4 N–H and O–H groups in total. The first-order chi connectivity index (χ1) is 14.4. The predicted octanol–water partition coefficient (Wildman–Crippen LogP) is 3.69. The highest BCUT2D eigenvalue weighted by molar-refractivity contribution is 5.75. The van der Waals surface area contributed by atoms with Crippen molar-refractivity contribution in [3.05, 3.63) is 35.4 Å². The topological polar surface area (TPSA) is 79.6 Å². The number of alkyl halides is 3. The average molecular weight is 431 g/mol. The lowest BCUT2D eigenvalue weighted by atomic mass is 10.1. The van der Waals surface area contributed by atoms with Gasteiger partial charge in [-0.25, -0.2) is 0 Å². The van der Waals surface area contributed by atoms with Gasteiger partial charge in [0.25, 0.3) is 0 Å². The monoisotopic (exact) mass is 430 g/mol. The molecular formula is C21H33F3N4O2. The molecule has 1 aliphatic rings. The number of nitrogens with zero attached hydrogens (tertiary/aromatic N) is 1. The van der Waals surface area contributed by atoms with Crippen molar-refractivity contribution in [2.75, 3.05) is 19.6 Å². The fraction of sp³-hybridized carbons (Fsp3) is 0.667. The highest BCUT2D eigenvalue weighted by Gasteiger charge is 2.37. The molecule has 30 heavy (non-hydrogen) atoms. The normalized spacial score (nSPS) is 19.9. The van der Waals surface area contributed by atoms with Crippen molar-refractivity contribution in [1.29, 1.82) is 0 Å². The van der Waals surface area contributed by atoms with Gasteiger partial charge in [0.05, 0.1) is 5.56 Å². The van der Waals surface area contributed by atoms with E-state index in [-0.39, 0.29) is 18.6 Å². The Labute approximate surface area is 176 Å². The summed E-state index contributed by atoms with van der Waals surface area (Å²) in [5.41, 5.74) is 8.12. The van der Waals surface area contributed by atoms with Gasteiger partial charge in [0.2, 0.25) is 5.91 Å². The molecule has 2 atom stereocenters. The van der Waals surface area contributed by atoms with Gasteiger partial charge in [0, 0.05) is 19.5 Å². The number of amides is 1. The van der Waals surface area contributed by atoms with Crippen LogP contribution in [0, 0.1) is 0 Å². The standard InChI is InChI=1S/C21H33F3N4O2/c1-2-3-4-5-14-28-19(11-10-18(29)26-13-7-12-25)30-27-20(28)16-8-6-9-17(15-16)21(22,23)24/h6,8-9,15,19-20,27H,2-5,7,10-14,25H2,1H3,(H,26,29). The highest BCUT2D eigenvalue weighted by atomic mass is 19.4. The van der Waals surface area contributed by atoms with Crippen LogP contribution in [-0.4, -0.2) is 36.7 Å². The second kappa shape index (κ2) is 12.2. The maximum absolute atomic E-state index is 13.1. The van der Waals surface area contributed by atoms with Crippen LogP contribution in [0.1, 0.15) is 69.2 Å². The molecule has 1 aromatic carbocycles. The van der Waals surface area contributed by atoms with Gasteiger partial charge in [0.15, 0.2) is 0 Å². The summed E-state index contributed by atoms with van der Waals surface area (Å²) < 4.78 is 39.4. The Balaban J connectivity index is 2.05. The minimum atomic E-state index is -4.40. The zero-order valence-corrected chi connectivity index (χ0v) is 17.5. The third kappa shape index (κ3) is 7.54. The summed E-state index contributed by atoms with van der Waals surface area (Å²) in [6.07, 6.45) is 0.315. The lowest BCUT2D eigenvalue weighted by Gasteiger charge is -2.27. The lowest BCUT2D eigenvalue weighted by Crippen LogP contribution is -2.35. The molecule has 2 unspecified atom stereocenters. The molecule has 0 saturated carbocycles. The van der Waals surface area contributed by atoms with Gasteiger partial charge in [-0.1, -0.05) is 38.3 Å². The van der Waals surface area contributed by atoms with Crippen LogP contribution in [0.4, 0.5) is 13.2 Å². The lowest BCUT2D eigenvalue weighted by molar-refractivity contribution is -0.137. The number of nitrogens with two attached hydrogens (primary N) is 1. The predicted molar refractivity (Wildman–Crippen MR) is 109 cm³/mol. The van der Waals surface area contributed by atoms with Crippen molar-refractivity contribution < 1.29 is 22.8 Å². The van der Waals surface area contributed by atoms with E-state index in [4.69, 9.17) is 10.6 Å². The van der Waals surface area contributed by atoms with Crippen LogP contribution in [0.5, 0.6) is 0 Å². The molecular weight excluding hydrogens is 397 g/mol. The van der Waals surface area contributed by atoms with E-state index in [0.29, 0.717) is 38.0 Å². The molecule has 1 fully saturated rings. The van der Waals surface area contributed by atoms with Crippen LogP contribution in [0.25, 0.3) is 0 Å². The largest absolute Gasteiger partial charge is 0.416 e. The number of carbonyl (C=O) groups is 1. The second-order valence-electron chi connectivity index (χ2n) is 7.55. The summed E-state index contributed by atoms with van der Waals surface area (Å²) in [4.78, 5) is 19.7. The Kier molecular flexibility index (Phi) is 10.0. The molecule has 0 radical (unpaired) electrons. The van der Waals surface area contributed by atoms with E-state index in [0.717, 1.165) is 37.8 Å². The zero-order valence-electron chi connectivity index (χ0n) is 17.5. The number of unbranched alkanes of at least 4 members (excludes halogenated alkanes) is 3. The Morgan fingerprint density at radius 1 is 1.27 bits per heavy atom. The first kappa shape index (κ1) is 24.6. The van der Waals surface area contributed by atoms with Gasteiger partial charge in [-0.2, -0.15) is 18.7 Å². The van der Waals surface area contributed by atoms with Crippen LogP contribution >= 0.6 is 0 Å². The molecule has 1 aromatic rings. The fourth-order valence-electron chi connectivity index (χ4n) is 3.48. The van der Waals surface area contributed by atoms with Crippen LogP contribution in [0.3, 0.4) is 0 Å². The Morgan fingerprint density at radius 3 is 2.77 bits per heavy atom. The third-order valence-corrected chi connectivity index (χ3v) is 5.14. The van der Waals surface area contributed by atoms with E-state index < -0.39 is 17.9 Å². The van der Waals surface area contributed by atoms with E-state index in [1.54, 1.807) is 6.07 Å². The van der Waals surface area contributed by atoms with Gasteiger partial charge in [-0.3, -0.25) is 14.5 Å². The quantitative estimate of drug-likeness (QED) is 0.441. The molecule has 0 bridgehead atoms. The number of benzene rings is 1. The number of hydrogen-bond donors (Lipinski definition) is 3. The van der Waals surface area contributed by atoms with Gasteiger partial charge in [-0.15, -0.1) is 0 Å². The summed E-state index contributed by atoms with van der Waals surface area (Å²) in [5, 5.41) is 2.81. The maximum atomic E-state index is 13.1. The third-order valence-electron chi connectivity index (χ3n) is 5.14. The van der Waals surface area contributed by atoms with Gasteiger partial charge >= 0.3 is 6.18 Å². The second-order valence-corrected chi connectivity index (χ2v) is 7.55. The SMILES string of the molecule is CCCCCCN1C(CCC(=O)NCCCN)ONC1c1cccc(C(F)(F)F)c1. The molecule has 9 heteroatoms. The molecule has 0 spiro atoms. The minimum Gasteiger partial charge on any atom is -0.356 e. The first-order valence-electron chi connectivity index (χ1n) is 10.7. The zero-order chi connectivity index (χ0) is 22.0. The Hall–Kier alpha value is -1.68. The van der Waals surface area contributed by atoms with E-state index in [9.17, 15) is 18.0 Å². The van der Waals surface area contributed by atoms with E-state index >= 15 is 0 Å². The molecule has 0 aromatic heterocycles. The van der Waals surface area contributed by atoms with Crippen molar-refractivity contribution in [1.82, 2.24) is 15.7 Å². The number of carbonyl (C=O) groups excluding carboxylic acids is 1. The van der Waals surface area contributed by atoms with Gasteiger partial charge in [0.1, 0.15) is 12.4 Å². The van der Waals surface area contributed by atoms with Crippen LogP contribution in [-0.2, 0) is 15.8 Å². The maximum Gasteiger partial charge on any atom is 0.416 e. The number of nitrogens with one attached hydrogen (secondary N) is 2. The summed E-state index contributed by atoms with van der Waals surface area (Å²) in [5.74, 6) is -0.0829. The number of hydroxylamine groups is 1. The van der Waals surface area contributed by atoms with Crippen LogP contribution in [0.15, 0.2) is 24.3 Å². The smallest absolute Gasteiger partial charge is 0.356 e. The van der Waals surface area contributed by atoms with Crippen LogP contribution < -0.4 is 16.5 Å². The number of halogens is 3. The van der Waals surface area contributed by atoms with Crippen molar-refractivity contribution in [3.63, 3.8) is 0 Å². The van der Waals surface area contributed by atoms with E-state index in [1.165, 1.54) is 6.07 Å². The first-order valence-corrected chi connectivity index (χ1v) is 10.7. The molecule has 1 amide bonds. The summed E-state index contributed by atoms with van der Waals surface area (Å²) >= 11 is 0. The van der Waals surface area contributed by atoms with Crippen molar-refractivity contribution in [3.8, 4) is 0 Å². The highest BCUT2D eigenvalue weighted by Crippen LogP contribution is 2.34. The molecule has 2 rings (SSSR count). The average Bonchev–Trinajstić information content (AvgIpc) is 3.12. The molecule has 170 valence electrons.